The number of nitrogens with two attached hydrogens (primary N) is 1. The number of anilines is 1. The van der Waals surface area contributed by atoms with E-state index in [0.717, 1.165) is 17.6 Å². The number of nitriles is 1. The van der Waals surface area contributed by atoms with E-state index in [1.165, 1.54) is 0 Å². The summed E-state index contributed by atoms with van der Waals surface area (Å²) < 4.78 is 23.5. The summed E-state index contributed by atoms with van der Waals surface area (Å²) in [6, 6.07) is 1.98. The second kappa shape index (κ2) is 3.75. The van der Waals surface area contributed by atoms with Crippen LogP contribution in [0.3, 0.4) is 0 Å². The first-order valence-electron chi connectivity index (χ1n) is 4.62. The summed E-state index contributed by atoms with van der Waals surface area (Å²) >= 11 is 0.967. The molecule has 1 heterocycles. The van der Waals surface area contributed by atoms with Gasteiger partial charge in [0.15, 0.2) is 9.84 Å². The van der Waals surface area contributed by atoms with Crippen molar-refractivity contribution in [3.05, 3.63) is 11.1 Å². The van der Waals surface area contributed by atoms with E-state index in [4.69, 9.17) is 11.0 Å². The van der Waals surface area contributed by atoms with Gasteiger partial charge in [-0.2, -0.15) is 5.26 Å². The molecule has 4 nitrogen and oxygen atoms in total. The molecule has 0 amide bonds. The minimum atomic E-state index is -3.34. The smallest absolute Gasteiger partial charge is 0.185 e. The van der Waals surface area contributed by atoms with Crippen molar-refractivity contribution in [2.24, 2.45) is 0 Å². The summed E-state index contributed by atoms with van der Waals surface area (Å²) in [5.41, 5.74) is 6.08. The van der Waals surface area contributed by atoms with Crippen LogP contribution < -0.4 is 5.73 Å². The maximum atomic E-state index is 11.6. The highest BCUT2D eigenvalue weighted by Crippen LogP contribution is 2.40. The lowest BCUT2D eigenvalue weighted by molar-refractivity contribution is 0.568. The van der Waals surface area contributed by atoms with Crippen molar-refractivity contribution in [3.63, 3.8) is 0 Å². The predicted octanol–water partition coefficient (Wildman–Crippen LogP) is 1.90. The van der Waals surface area contributed by atoms with E-state index in [1.54, 1.807) is 0 Å². The molecule has 0 atom stereocenters. The lowest BCUT2D eigenvalue weighted by atomic mass is 9.86. The Hall–Kier alpha value is -1.06. The Morgan fingerprint density at radius 1 is 1.38 bits per heavy atom. The van der Waals surface area contributed by atoms with E-state index in [1.807, 2.05) is 26.8 Å². The largest absolute Gasteiger partial charge is 0.389 e. The number of hydrogen-bond acceptors (Lipinski definition) is 5. The van der Waals surface area contributed by atoms with Gasteiger partial charge in [-0.1, -0.05) is 20.8 Å². The molecule has 0 spiro atoms. The fourth-order valence-electron chi connectivity index (χ4n) is 1.48. The van der Waals surface area contributed by atoms with Crippen molar-refractivity contribution in [3.8, 4) is 6.07 Å². The van der Waals surface area contributed by atoms with Crippen LogP contribution in [0.25, 0.3) is 0 Å². The van der Waals surface area contributed by atoms with Gasteiger partial charge in [-0.3, -0.25) is 0 Å². The number of thiophene rings is 1. The van der Waals surface area contributed by atoms with Gasteiger partial charge < -0.3 is 5.73 Å². The number of nitrogen functional groups attached to an aromatic ring is 1. The molecule has 88 valence electrons. The number of sulfone groups is 1. The molecule has 0 fully saturated rings. The fraction of sp³-hybridized carbons (Fsp3) is 0.500. The van der Waals surface area contributed by atoms with Crippen molar-refractivity contribution >= 4 is 26.2 Å². The topological polar surface area (TPSA) is 83.9 Å². The number of rotatable bonds is 1. The van der Waals surface area contributed by atoms with Gasteiger partial charge in [-0.15, -0.1) is 11.3 Å². The van der Waals surface area contributed by atoms with E-state index in [9.17, 15) is 8.42 Å². The average molecular weight is 258 g/mol. The van der Waals surface area contributed by atoms with Gasteiger partial charge in [0, 0.05) is 11.8 Å². The molecule has 16 heavy (non-hydrogen) atoms. The maximum Gasteiger partial charge on any atom is 0.185 e. The third-order valence-electron chi connectivity index (χ3n) is 2.10. The fourth-order valence-corrected chi connectivity index (χ4v) is 4.09. The quantitative estimate of drug-likeness (QED) is 0.833. The summed E-state index contributed by atoms with van der Waals surface area (Å²) in [5.74, 6) is 0. The van der Waals surface area contributed by atoms with Gasteiger partial charge in [0.2, 0.25) is 0 Å². The van der Waals surface area contributed by atoms with Crippen LogP contribution in [0, 0.1) is 11.3 Å². The Balaban J connectivity index is 3.75. The molecule has 0 aliphatic rings. The summed E-state index contributed by atoms with van der Waals surface area (Å²) in [6.07, 6.45) is 1.13. The molecule has 1 aromatic heterocycles. The molecule has 0 unspecified atom stereocenters. The Morgan fingerprint density at radius 3 is 2.19 bits per heavy atom. The third-order valence-corrected chi connectivity index (χ3v) is 4.95. The molecule has 0 saturated heterocycles. The van der Waals surface area contributed by atoms with Gasteiger partial charge in [0.25, 0.3) is 0 Å². The second-order valence-electron chi connectivity index (χ2n) is 4.64. The number of hydrogen-bond donors (Lipinski definition) is 1. The van der Waals surface area contributed by atoms with Crippen LogP contribution in [-0.2, 0) is 15.3 Å². The van der Waals surface area contributed by atoms with Crippen LogP contribution in [-0.4, -0.2) is 14.7 Å². The first kappa shape index (κ1) is 13.0. The first-order valence-corrected chi connectivity index (χ1v) is 7.32. The molecule has 1 rings (SSSR count). The van der Waals surface area contributed by atoms with Gasteiger partial charge >= 0.3 is 0 Å². The second-order valence-corrected chi connectivity index (χ2v) is 7.90. The molecule has 6 heteroatoms. The van der Waals surface area contributed by atoms with E-state index >= 15 is 0 Å². The molecular weight excluding hydrogens is 244 g/mol. The molecule has 0 bridgehead atoms. The summed E-state index contributed by atoms with van der Waals surface area (Å²) in [4.78, 5) is 0. The highest BCUT2D eigenvalue weighted by atomic mass is 32.2. The zero-order chi connectivity index (χ0) is 12.7. The summed E-state index contributed by atoms with van der Waals surface area (Å²) in [6.45, 7) is 5.60. The normalized spacial score (nSPS) is 12.4. The van der Waals surface area contributed by atoms with Crippen LogP contribution in [0.1, 0.15) is 31.9 Å². The molecule has 0 aromatic carbocycles. The van der Waals surface area contributed by atoms with Crippen molar-refractivity contribution in [2.45, 2.75) is 30.4 Å². The maximum absolute atomic E-state index is 11.6. The SMILES string of the molecule is CC(C)(C)c1c(S(C)(=O)=O)sc(N)c1C#N. The van der Waals surface area contributed by atoms with Crippen LogP contribution >= 0.6 is 11.3 Å². The van der Waals surface area contributed by atoms with Gasteiger partial charge in [0.05, 0.1) is 5.56 Å². The molecule has 1 aromatic rings. The van der Waals surface area contributed by atoms with Gasteiger partial charge in [-0.05, 0) is 5.41 Å². The lowest BCUT2D eigenvalue weighted by Crippen LogP contribution is -2.16. The van der Waals surface area contributed by atoms with Crippen LogP contribution in [0.5, 0.6) is 0 Å². The molecule has 0 aliphatic carbocycles. The van der Waals surface area contributed by atoms with Crippen LogP contribution in [0.2, 0.25) is 0 Å². The van der Waals surface area contributed by atoms with Crippen molar-refractivity contribution in [1.29, 1.82) is 5.26 Å². The lowest BCUT2D eigenvalue weighted by Gasteiger charge is -2.19. The minimum Gasteiger partial charge on any atom is -0.389 e. The van der Waals surface area contributed by atoms with Gasteiger partial charge in [-0.25, -0.2) is 8.42 Å². The van der Waals surface area contributed by atoms with E-state index in [2.05, 4.69) is 0 Å². The Labute approximate surface area is 99.6 Å². The average Bonchev–Trinajstić information content (AvgIpc) is 2.40. The van der Waals surface area contributed by atoms with Crippen molar-refractivity contribution in [1.82, 2.24) is 0 Å². The predicted molar refractivity (Wildman–Crippen MR) is 65.3 cm³/mol. The Bertz CT molecular complexity index is 557. The highest BCUT2D eigenvalue weighted by Gasteiger charge is 2.30. The third kappa shape index (κ3) is 2.20. The molecular formula is C10H14N2O2S2. The zero-order valence-electron chi connectivity index (χ0n) is 9.66. The van der Waals surface area contributed by atoms with Gasteiger partial charge in [0.1, 0.15) is 15.3 Å². The minimum absolute atomic E-state index is 0.203. The molecule has 2 N–H and O–H groups in total. The first-order chi connectivity index (χ1) is 7.09. The van der Waals surface area contributed by atoms with E-state index in [0.29, 0.717) is 5.56 Å². The van der Waals surface area contributed by atoms with Crippen LogP contribution in [0.4, 0.5) is 5.00 Å². The molecule has 0 saturated carbocycles. The van der Waals surface area contributed by atoms with E-state index < -0.39 is 15.3 Å². The van der Waals surface area contributed by atoms with Crippen LogP contribution in [0.15, 0.2) is 4.21 Å². The summed E-state index contributed by atoms with van der Waals surface area (Å²) in [7, 11) is -3.34. The molecule has 0 radical (unpaired) electrons. The number of nitrogens with zero attached hydrogens (tertiary/aromatic N) is 1. The molecule has 0 aliphatic heterocycles. The zero-order valence-corrected chi connectivity index (χ0v) is 11.3. The standard InChI is InChI=1S/C10H14N2O2S2/c1-10(2,3)7-6(5-11)8(12)15-9(7)16(4,13)14/h12H2,1-4H3. The monoisotopic (exact) mass is 258 g/mol. The summed E-state index contributed by atoms with van der Waals surface area (Å²) in [5, 5.41) is 9.29. The Kier molecular flexibility index (Phi) is 3.05. The highest BCUT2D eigenvalue weighted by molar-refractivity contribution is 7.92. The Morgan fingerprint density at radius 2 is 1.88 bits per heavy atom. The van der Waals surface area contributed by atoms with Crippen molar-refractivity contribution in [2.75, 3.05) is 12.0 Å². The van der Waals surface area contributed by atoms with Crippen molar-refractivity contribution < 1.29 is 8.42 Å². The van der Waals surface area contributed by atoms with E-state index in [-0.39, 0.29) is 14.8 Å².